The van der Waals surface area contributed by atoms with E-state index in [2.05, 4.69) is 20.4 Å². The summed E-state index contributed by atoms with van der Waals surface area (Å²) in [6, 6.07) is 6.15. The minimum atomic E-state index is -0.968. The Labute approximate surface area is 199 Å². The molecule has 8 nitrogen and oxygen atoms in total. The summed E-state index contributed by atoms with van der Waals surface area (Å²) in [5.41, 5.74) is -0.688. The van der Waals surface area contributed by atoms with Gasteiger partial charge in [-0.1, -0.05) is 31.1 Å². The van der Waals surface area contributed by atoms with Crippen LogP contribution in [0.25, 0.3) is 10.7 Å². The zero-order chi connectivity index (χ0) is 24.2. The van der Waals surface area contributed by atoms with Crippen molar-refractivity contribution in [1.82, 2.24) is 25.3 Å². The molecule has 2 amide bonds. The zero-order valence-electron chi connectivity index (χ0n) is 18.8. The lowest BCUT2D eigenvalue weighted by atomic mass is 10.0. The molecule has 0 radical (unpaired) electrons. The predicted molar refractivity (Wildman–Crippen MR) is 122 cm³/mol. The van der Waals surface area contributed by atoms with Crippen LogP contribution in [0, 0.1) is 17.6 Å². The lowest BCUT2D eigenvalue weighted by Crippen LogP contribution is -2.56. The van der Waals surface area contributed by atoms with Gasteiger partial charge in [-0.15, -0.1) is 11.3 Å². The molecule has 1 fully saturated rings. The number of hydrogen-bond acceptors (Lipinski definition) is 7. The molecule has 1 aromatic carbocycles. The SMILES string of the molecule is CC(C)[C@H](NC(=O)c1c(F)cccc1F)C(=O)N1CCN(Cc2nc(-c3cccs3)no2)CC1. The zero-order valence-corrected chi connectivity index (χ0v) is 19.6. The summed E-state index contributed by atoms with van der Waals surface area (Å²) in [7, 11) is 0. The first kappa shape index (κ1) is 24.0. The van der Waals surface area contributed by atoms with Crippen molar-refractivity contribution in [2.24, 2.45) is 5.92 Å². The molecule has 0 saturated carbocycles. The second-order valence-electron chi connectivity index (χ2n) is 8.38. The summed E-state index contributed by atoms with van der Waals surface area (Å²) in [6.07, 6.45) is 0. The second kappa shape index (κ2) is 10.4. The van der Waals surface area contributed by atoms with Gasteiger partial charge in [-0.25, -0.2) is 8.78 Å². The van der Waals surface area contributed by atoms with Crippen LogP contribution in [-0.4, -0.2) is 64.0 Å². The van der Waals surface area contributed by atoms with Gasteiger partial charge >= 0.3 is 0 Å². The van der Waals surface area contributed by atoms with E-state index in [0.717, 1.165) is 17.0 Å². The molecule has 1 aliphatic rings. The number of rotatable bonds is 7. The average molecular weight is 490 g/mol. The number of benzene rings is 1. The number of halogens is 2. The van der Waals surface area contributed by atoms with Gasteiger partial charge in [0.15, 0.2) is 0 Å². The van der Waals surface area contributed by atoms with Crippen molar-refractivity contribution < 1.29 is 22.9 Å². The number of aromatic nitrogens is 2. The lowest BCUT2D eigenvalue weighted by Gasteiger charge is -2.36. The average Bonchev–Trinajstić information content (AvgIpc) is 3.49. The minimum absolute atomic E-state index is 0.265. The fourth-order valence-corrected chi connectivity index (χ4v) is 4.43. The Hall–Kier alpha value is -3.18. The fourth-order valence-electron chi connectivity index (χ4n) is 3.78. The van der Waals surface area contributed by atoms with Crippen molar-refractivity contribution in [3.63, 3.8) is 0 Å². The highest BCUT2D eigenvalue weighted by molar-refractivity contribution is 7.13. The van der Waals surface area contributed by atoms with Crippen molar-refractivity contribution in [2.75, 3.05) is 26.2 Å². The molecule has 2 aromatic heterocycles. The van der Waals surface area contributed by atoms with Gasteiger partial charge in [0, 0.05) is 26.2 Å². The maximum Gasteiger partial charge on any atom is 0.257 e. The van der Waals surface area contributed by atoms with Gasteiger partial charge in [0.05, 0.1) is 11.4 Å². The third-order valence-electron chi connectivity index (χ3n) is 5.66. The second-order valence-corrected chi connectivity index (χ2v) is 9.33. The molecule has 34 heavy (non-hydrogen) atoms. The summed E-state index contributed by atoms with van der Waals surface area (Å²) in [4.78, 5) is 34.8. The number of carbonyl (C=O) groups excluding carboxylic acids is 2. The number of piperazine rings is 1. The molecule has 0 bridgehead atoms. The van der Waals surface area contributed by atoms with Crippen LogP contribution in [0.1, 0.15) is 30.1 Å². The van der Waals surface area contributed by atoms with Gasteiger partial charge in [0.2, 0.25) is 17.6 Å². The Kier molecular flexibility index (Phi) is 7.32. The fraction of sp³-hybridized carbons (Fsp3) is 0.391. The van der Waals surface area contributed by atoms with Crippen LogP contribution in [0.3, 0.4) is 0 Å². The molecule has 11 heteroatoms. The molecule has 1 N–H and O–H groups in total. The summed E-state index contributed by atoms with van der Waals surface area (Å²) < 4.78 is 33.3. The third-order valence-corrected chi connectivity index (χ3v) is 6.53. The van der Waals surface area contributed by atoms with Crippen LogP contribution in [0.2, 0.25) is 0 Å². The molecule has 1 saturated heterocycles. The monoisotopic (exact) mass is 489 g/mol. The van der Waals surface area contributed by atoms with Crippen molar-refractivity contribution >= 4 is 23.2 Å². The maximum absolute atomic E-state index is 14.0. The van der Waals surface area contributed by atoms with Gasteiger partial charge < -0.3 is 14.7 Å². The molecule has 3 aromatic rings. The maximum atomic E-state index is 14.0. The first-order valence-corrected chi connectivity index (χ1v) is 11.8. The first-order chi connectivity index (χ1) is 16.3. The van der Waals surface area contributed by atoms with Crippen molar-refractivity contribution in [2.45, 2.75) is 26.4 Å². The minimum Gasteiger partial charge on any atom is -0.340 e. The topological polar surface area (TPSA) is 91.6 Å². The van der Waals surface area contributed by atoms with Crippen LogP contribution >= 0.6 is 11.3 Å². The first-order valence-electron chi connectivity index (χ1n) is 11.0. The van der Waals surface area contributed by atoms with Crippen molar-refractivity contribution in [3.8, 4) is 10.7 Å². The van der Waals surface area contributed by atoms with Gasteiger partial charge in [0.25, 0.3) is 5.91 Å². The molecule has 0 spiro atoms. The summed E-state index contributed by atoms with van der Waals surface area (Å²) in [5.74, 6) is -2.37. The number of nitrogens with zero attached hydrogens (tertiary/aromatic N) is 4. The highest BCUT2D eigenvalue weighted by atomic mass is 32.1. The van der Waals surface area contributed by atoms with Crippen molar-refractivity contribution in [3.05, 3.63) is 58.8 Å². The number of hydrogen-bond donors (Lipinski definition) is 1. The Morgan fingerprint density at radius 3 is 2.44 bits per heavy atom. The number of nitrogens with one attached hydrogen (secondary N) is 1. The quantitative estimate of drug-likeness (QED) is 0.548. The molecule has 4 rings (SSSR count). The molecule has 0 aliphatic carbocycles. The Bertz CT molecular complexity index is 1120. The summed E-state index contributed by atoms with van der Waals surface area (Å²) in [6.45, 7) is 6.08. The number of amides is 2. The van der Waals surface area contributed by atoms with E-state index >= 15 is 0 Å². The molecule has 180 valence electrons. The van der Waals surface area contributed by atoms with Crippen LogP contribution in [0.4, 0.5) is 8.78 Å². The molecule has 0 unspecified atom stereocenters. The molecular formula is C23H25F2N5O3S. The third kappa shape index (κ3) is 5.31. The standard InChI is InChI=1S/C23H25F2N5O3S/c1-14(2)20(27-22(31)19-15(24)5-3-6-16(19)25)23(32)30-10-8-29(9-11-30)13-18-26-21(28-33-18)17-7-4-12-34-17/h3-7,12,14,20H,8-11,13H2,1-2H3,(H,27,31)/t20-/m0/s1. The van der Waals surface area contributed by atoms with E-state index in [1.54, 1.807) is 18.7 Å². The van der Waals surface area contributed by atoms with Gasteiger partial charge in [-0.2, -0.15) is 4.98 Å². The largest absolute Gasteiger partial charge is 0.340 e. The normalized spacial score (nSPS) is 15.5. The Balaban J connectivity index is 1.34. The molecule has 1 aliphatic heterocycles. The number of carbonyl (C=O) groups is 2. The van der Waals surface area contributed by atoms with E-state index in [-0.39, 0.29) is 11.8 Å². The molecular weight excluding hydrogens is 464 g/mol. The van der Waals surface area contributed by atoms with Gasteiger partial charge in [-0.3, -0.25) is 14.5 Å². The van der Waals surface area contributed by atoms with E-state index in [1.807, 2.05) is 17.5 Å². The van der Waals surface area contributed by atoms with Gasteiger partial charge in [0.1, 0.15) is 23.2 Å². The highest BCUT2D eigenvalue weighted by Gasteiger charge is 2.32. The Morgan fingerprint density at radius 1 is 1.12 bits per heavy atom. The van der Waals surface area contributed by atoms with E-state index in [1.165, 1.54) is 17.4 Å². The molecule has 3 heterocycles. The van der Waals surface area contributed by atoms with Crippen LogP contribution in [0.15, 0.2) is 40.2 Å². The highest BCUT2D eigenvalue weighted by Crippen LogP contribution is 2.22. The summed E-state index contributed by atoms with van der Waals surface area (Å²) in [5, 5.41) is 8.48. The van der Waals surface area contributed by atoms with Crippen molar-refractivity contribution in [1.29, 1.82) is 0 Å². The lowest BCUT2D eigenvalue weighted by molar-refractivity contribution is -0.136. The van der Waals surface area contributed by atoms with E-state index in [0.29, 0.717) is 44.4 Å². The van der Waals surface area contributed by atoms with Crippen LogP contribution in [-0.2, 0) is 11.3 Å². The summed E-state index contributed by atoms with van der Waals surface area (Å²) >= 11 is 1.53. The van der Waals surface area contributed by atoms with Crippen LogP contribution in [0.5, 0.6) is 0 Å². The van der Waals surface area contributed by atoms with E-state index in [9.17, 15) is 18.4 Å². The molecule has 1 atom stereocenters. The predicted octanol–water partition coefficient (Wildman–Crippen LogP) is 3.18. The van der Waals surface area contributed by atoms with Crippen LogP contribution < -0.4 is 5.32 Å². The van der Waals surface area contributed by atoms with Gasteiger partial charge in [-0.05, 0) is 29.5 Å². The van der Waals surface area contributed by atoms with E-state index < -0.39 is 29.1 Å². The smallest absolute Gasteiger partial charge is 0.257 e. The number of thiophene rings is 1. The Morgan fingerprint density at radius 2 is 1.82 bits per heavy atom. The van der Waals surface area contributed by atoms with E-state index in [4.69, 9.17) is 4.52 Å².